The highest BCUT2D eigenvalue weighted by Crippen LogP contribution is 2.40. The van der Waals surface area contributed by atoms with Crippen LogP contribution in [0.1, 0.15) is 37.8 Å². The van der Waals surface area contributed by atoms with Crippen LogP contribution in [0.3, 0.4) is 0 Å². The molecule has 1 aromatic carbocycles. The molecule has 1 N–H and O–H groups in total. The minimum Gasteiger partial charge on any atom is -0.497 e. The van der Waals surface area contributed by atoms with E-state index in [0.717, 1.165) is 17.7 Å². The fourth-order valence-electron chi connectivity index (χ4n) is 4.15. The van der Waals surface area contributed by atoms with E-state index >= 15 is 0 Å². The van der Waals surface area contributed by atoms with Gasteiger partial charge in [0.25, 0.3) is 0 Å². The maximum atomic E-state index is 5.25. The van der Waals surface area contributed by atoms with E-state index in [4.69, 9.17) is 4.74 Å². The summed E-state index contributed by atoms with van der Waals surface area (Å²) in [6.07, 6.45) is 4.26. The number of hydrogen-bond donors (Lipinski definition) is 1. The van der Waals surface area contributed by atoms with Crippen molar-refractivity contribution in [1.29, 1.82) is 0 Å². The first-order valence-corrected chi connectivity index (χ1v) is 7.80. The molecule has 3 nitrogen and oxygen atoms in total. The fraction of sp³-hybridized carbons (Fsp3) is 0.647. The van der Waals surface area contributed by atoms with Crippen LogP contribution in [0.4, 0.5) is 0 Å². The summed E-state index contributed by atoms with van der Waals surface area (Å²) >= 11 is 0. The predicted octanol–water partition coefficient (Wildman–Crippen LogP) is 2.83. The average Bonchev–Trinajstić information content (AvgIpc) is 3.11. The van der Waals surface area contributed by atoms with Crippen LogP contribution in [0, 0.1) is 5.92 Å². The van der Waals surface area contributed by atoms with E-state index in [0.29, 0.717) is 12.1 Å². The number of nitrogens with one attached hydrogen (secondary N) is 1. The Morgan fingerprint density at radius 2 is 2.00 bits per heavy atom. The molecule has 0 amide bonds. The van der Waals surface area contributed by atoms with E-state index in [1.807, 2.05) is 0 Å². The van der Waals surface area contributed by atoms with Gasteiger partial charge in [-0.25, -0.2) is 0 Å². The topological polar surface area (TPSA) is 24.5 Å². The van der Waals surface area contributed by atoms with Gasteiger partial charge in [-0.05, 0) is 56.8 Å². The highest BCUT2D eigenvalue weighted by molar-refractivity contribution is 5.30. The molecule has 3 heteroatoms. The van der Waals surface area contributed by atoms with Gasteiger partial charge in [0.1, 0.15) is 5.75 Å². The highest BCUT2D eigenvalue weighted by Gasteiger charge is 2.41. The molecule has 1 aromatic rings. The smallest absolute Gasteiger partial charge is 0.118 e. The van der Waals surface area contributed by atoms with Gasteiger partial charge in [0.05, 0.1) is 7.11 Å². The molecule has 4 unspecified atom stereocenters. The van der Waals surface area contributed by atoms with Crippen LogP contribution in [0.25, 0.3) is 0 Å². The Balaban J connectivity index is 1.74. The summed E-state index contributed by atoms with van der Waals surface area (Å²) in [6, 6.07) is 10.2. The molecule has 20 heavy (non-hydrogen) atoms. The molecule has 2 fully saturated rings. The van der Waals surface area contributed by atoms with Crippen molar-refractivity contribution in [2.45, 2.75) is 44.3 Å². The number of methoxy groups -OCH3 is 1. The summed E-state index contributed by atoms with van der Waals surface area (Å²) < 4.78 is 5.25. The van der Waals surface area contributed by atoms with Crippen LogP contribution < -0.4 is 10.1 Å². The molecule has 0 spiro atoms. The number of fused-ring (bicyclic) bond motifs is 2. The highest BCUT2D eigenvalue weighted by atomic mass is 16.5. The van der Waals surface area contributed by atoms with Crippen molar-refractivity contribution < 1.29 is 4.74 Å². The van der Waals surface area contributed by atoms with E-state index < -0.39 is 0 Å². The number of likely N-dealkylation sites (N-methyl/N-ethyl adjacent to an activating group) is 1. The summed E-state index contributed by atoms with van der Waals surface area (Å²) in [5.74, 6) is 1.88. The van der Waals surface area contributed by atoms with Gasteiger partial charge >= 0.3 is 0 Å². The summed E-state index contributed by atoms with van der Waals surface area (Å²) in [6.45, 7) is 3.66. The molecule has 0 radical (unpaired) electrons. The van der Waals surface area contributed by atoms with Crippen molar-refractivity contribution in [2.75, 3.05) is 20.7 Å². The van der Waals surface area contributed by atoms with Crippen LogP contribution in [0.2, 0.25) is 0 Å². The molecule has 1 saturated heterocycles. The van der Waals surface area contributed by atoms with Crippen LogP contribution in [0.15, 0.2) is 24.3 Å². The van der Waals surface area contributed by atoms with Gasteiger partial charge in [0.15, 0.2) is 0 Å². The van der Waals surface area contributed by atoms with Gasteiger partial charge in [-0.15, -0.1) is 0 Å². The van der Waals surface area contributed by atoms with E-state index in [9.17, 15) is 0 Å². The molecule has 2 aliphatic rings. The van der Waals surface area contributed by atoms with Gasteiger partial charge in [-0.1, -0.05) is 12.1 Å². The third kappa shape index (κ3) is 2.45. The normalized spacial score (nSPS) is 28.6. The Kier molecular flexibility index (Phi) is 3.99. The second-order valence-electron chi connectivity index (χ2n) is 6.31. The summed E-state index contributed by atoms with van der Waals surface area (Å²) in [5.41, 5.74) is 1.35. The first kappa shape index (κ1) is 13.9. The van der Waals surface area contributed by atoms with E-state index in [2.05, 4.69) is 48.5 Å². The average molecular weight is 274 g/mol. The van der Waals surface area contributed by atoms with Crippen LogP contribution in [-0.4, -0.2) is 37.7 Å². The molecule has 1 aliphatic carbocycles. The second kappa shape index (κ2) is 5.74. The fourth-order valence-corrected chi connectivity index (χ4v) is 4.15. The largest absolute Gasteiger partial charge is 0.497 e. The first-order chi connectivity index (χ1) is 9.72. The summed E-state index contributed by atoms with van der Waals surface area (Å²) in [7, 11) is 3.79. The number of ether oxygens (including phenoxy) is 1. The Hall–Kier alpha value is -1.06. The Morgan fingerprint density at radius 1 is 1.25 bits per heavy atom. The Bertz CT molecular complexity index is 445. The van der Waals surface area contributed by atoms with Crippen molar-refractivity contribution in [3.63, 3.8) is 0 Å². The Labute approximate surface area is 122 Å². The molecule has 2 bridgehead atoms. The molecule has 0 aromatic heterocycles. The van der Waals surface area contributed by atoms with Crippen molar-refractivity contribution in [2.24, 2.45) is 5.92 Å². The lowest BCUT2D eigenvalue weighted by atomic mass is 9.97. The lowest BCUT2D eigenvalue weighted by Gasteiger charge is -2.37. The quantitative estimate of drug-likeness (QED) is 0.893. The zero-order chi connectivity index (χ0) is 14.1. The number of likely N-dealkylation sites (tertiary alicyclic amines) is 1. The van der Waals surface area contributed by atoms with Crippen molar-refractivity contribution in [3.8, 4) is 5.75 Å². The first-order valence-electron chi connectivity index (χ1n) is 7.80. The summed E-state index contributed by atoms with van der Waals surface area (Å²) in [4.78, 5) is 2.72. The maximum absolute atomic E-state index is 5.25. The van der Waals surface area contributed by atoms with E-state index in [-0.39, 0.29) is 0 Å². The number of hydrogen-bond acceptors (Lipinski definition) is 3. The molecule has 1 saturated carbocycles. The number of nitrogens with zero attached hydrogens (tertiary/aromatic N) is 1. The van der Waals surface area contributed by atoms with Crippen molar-refractivity contribution in [3.05, 3.63) is 29.8 Å². The second-order valence-corrected chi connectivity index (χ2v) is 6.31. The number of piperidine rings is 1. The summed E-state index contributed by atoms with van der Waals surface area (Å²) in [5, 5.41) is 3.51. The molecule has 3 rings (SSSR count). The van der Waals surface area contributed by atoms with Crippen molar-refractivity contribution >= 4 is 0 Å². The van der Waals surface area contributed by atoms with Crippen LogP contribution in [0.5, 0.6) is 5.75 Å². The lowest BCUT2D eigenvalue weighted by Crippen LogP contribution is -2.45. The van der Waals surface area contributed by atoms with Gasteiger partial charge in [-0.2, -0.15) is 0 Å². The van der Waals surface area contributed by atoms with Crippen LogP contribution >= 0.6 is 0 Å². The number of rotatable bonds is 5. The molecule has 1 aliphatic heterocycles. The monoisotopic (exact) mass is 274 g/mol. The maximum Gasteiger partial charge on any atom is 0.118 e. The molecule has 4 atom stereocenters. The molecule has 110 valence electrons. The third-order valence-corrected chi connectivity index (χ3v) is 5.24. The van der Waals surface area contributed by atoms with Crippen molar-refractivity contribution in [1.82, 2.24) is 10.2 Å². The van der Waals surface area contributed by atoms with Crippen LogP contribution in [-0.2, 0) is 0 Å². The zero-order valence-corrected chi connectivity index (χ0v) is 12.8. The molecular formula is C17H26N2O. The van der Waals surface area contributed by atoms with E-state index in [1.165, 1.54) is 31.4 Å². The molecular weight excluding hydrogens is 248 g/mol. The Morgan fingerprint density at radius 3 is 2.50 bits per heavy atom. The van der Waals surface area contributed by atoms with E-state index in [1.54, 1.807) is 7.11 Å². The van der Waals surface area contributed by atoms with Gasteiger partial charge in [0.2, 0.25) is 0 Å². The minimum absolute atomic E-state index is 0.389. The van der Waals surface area contributed by atoms with Gasteiger partial charge in [0, 0.05) is 24.7 Å². The zero-order valence-electron chi connectivity index (χ0n) is 12.8. The van der Waals surface area contributed by atoms with Gasteiger partial charge < -0.3 is 10.1 Å². The number of benzene rings is 1. The lowest BCUT2D eigenvalue weighted by molar-refractivity contribution is 0.131. The standard InChI is InChI=1S/C17H26N2O/c1-12(19-11-13-4-7-15(19)10-13)17(18-2)14-5-8-16(20-3)9-6-14/h5-6,8-9,12-13,15,17-18H,4,7,10-11H2,1-3H3. The minimum atomic E-state index is 0.389. The predicted molar refractivity (Wildman–Crippen MR) is 82.1 cm³/mol. The van der Waals surface area contributed by atoms with Gasteiger partial charge in [-0.3, -0.25) is 4.90 Å². The SMILES string of the molecule is CNC(c1ccc(OC)cc1)C(C)N1CC2CCC1C2. The third-order valence-electron chi connectivity index (χ3n) is 5.24. The molecule has 1 heterocycles.